The summed E-state index contributed by atoms with van der Waals surface area (Å²) in [6.07, 6.45) is 4.45. The molecule has 3 rings (SSSR count). The zero-order valence-electron chi connectivity index (χ0n) is 13.1. The first-order valence-corrected chi connectivity index (χ1v) is 8.82. The number of benzene rings is 2. The monoisotopic (exact) mass is 337 g/mol. The lowest BCUT2D eigenvalue weighted by Gasteiger charge is -2.04. The molecule has 0 atom stereocenters. The fourth-order valence-electron chi connectivity index (χ4n) is 2.68. The van der Waals surface area contributed by atoms with Crippen LogP contribution in [0.1, 0.15) is 17.3 Å². The van der Waals surface area contributed by atoms with Crippen LogP contribution in [-0.4, -0.2) is 20.4 Å². The maximum Gasteiger partial charge on any atom is 0.207 e. The van der Waals surface area contributed by atoms with E-state index in [0.717, 1.165) is 0 Å². The van der Waals surface area contributed by atoms with Crippen molar-refractivity contribution >= 4 is 21.8 Å². The smallest absolute Gasteiger partial charge is 0.207 e. The van der Waals surface area contributed by atoms with Gasteiger partial charge in [0, 0.05) is 34.7 Å². The quantitative estimate of drug-likeness (QED) is 0.314. The predicted octanol–water partition coefficient (Wildman–Crippen LogP) is 3.84. The van der Waals surface area contributed by atoms with Gasteiger partial charge in [0.15, 0.2) is 5.78 Å². The lowest BCUT2D eigenvalue weighted by Crippen LogP contribution is -2.02. The largest absolute Gasteiger partial charge is 0.289 e. The first-order valence-electron chi connectivity index (χ1n) is 7.34. The molecule has 4 nitrogen and oxygen atoms in total. The Kier molecular flexibility index (Phi) is 4.03. The van der Waals surface area contributed by atoms with E-state index < -0.39 is 9.84 Å². The van der Waals surface area contributed by atoms with Crippen molar-refractivity contribution in [2.45, 2.75) is 16.7 Å². The molecule has 0 radical (unpaired) electrons. The lowest BCUT2D eigenvalue weighted by molar-refractivity contribution is 0.103. The van der Waals surface area contributed by atoms with Crippen LogP contribution in [0.3, 0.4) is 0 Å². The van der Waals surface area contributed by atoms with Gasteiger partial charge in [-0.15, -0.1) is 0 Å². The molecule has 1 aliphatic heterocycles. The van der Waals surface area contributed by atoms with Crippen molar-refractivity contribution in [2.75, 3.05) is 0 Å². The van der Waals surface area contributed by atoms with Gasteiger partial charge in [0.2, 0.25) is 9.84 Å². The average Bonchev–Trinajstić information content (AvgIpc) is 2.83. The first kappa shape index (κ1) is 16.1. The molecule has 1 aliphatic rings. The number of fused-ring (bicyclic) bond motifs is 3. The molecule has 0 N–H and O–H groups in total. The SMILES string of the molecule is C=C/C(=C\N=C/C)C(=O)c1ccc2c(c1)-c1ccccc1S2(=O)=O. The van der Waals surface area contributed by atoms with Crippen LogP contribution in [0.2, 0.25) is 0 Å². The van der Waals surface area contributed by atoms with E-state index >= 15 is 0 Å². The summed E-state index contributed by atoms with van der Waals surface area (Å²) in [5.74, 6) is -0.250. The summed E-state index contributed by atoms with van der Waals surface area (Å²) >= 11 is 0. The van der Waals surface area contributed by atoms with Crippen LogP contribution < -0.4 is 0 Å². The number of sulfone groups is 1. The zero-order valence-corrected chi connectivity index (χ0v) is 13.9. The van der Waals surface area contributed by atoms with E-state index in [9.17, 15) is 13.2 Å². The second-order valence-corrected chi connectivity index (χ2v) is 7.12. The van der Waals surface area contributed by atoms with Gasteiger partial charge in [-0.05, 0) is 31.2 Å². The van der Waals surface area contributed by atoms with Crippen molar-refractivity contribution in [3.05, 3.63) is 72.5 Å². The van der Waals surface area contributed by atoms with Crippen LogP contribution in [-0.2, 0) is 9.84 Å². The summed E-state index contributed by atoms with van der Waals surface area (Å²) in [5.41, 5.74) is 1.93. The van der Waals surface area contributed by atoms with Crippen LogP contribution in [0.5, 0.6) is 0 Å². The average molecular weight is 337 g/mol. The summed E-state index contributed by atoms with van der Waals surface area (Å²) < 4.78 is 25.1. The molecule has 120 valence electrons. The molecular weight excluding hydrogens is 322 g/mol. The Labute approximate surface area is 140 Å². The number of hydrogen-bond acceptors (Lipinski definition) is 4. The number of allylic oxidation sites excluding steroid dienone is 2. The Hall–Kier alpha value is -2.79. The number of rotatable bonds is 4. The van der Waals surface area contributed by atoms with Crippen LogP contribution in [0.25, 0.3) is 11.1 Å². The van der Waals surface area contributed by atoms with E-state index in [1.807, 2.05) is 0 Å². The van der Waals surface area contributed by atoms with Crippen LogP contribution >= 0.6 is 0 Å². The van der Waals surface area contributed by atoms with E-state index in [2.05, 4.69) is 11.6 Å². The number of nitrogens with zero attached hydrogens (tertiary/aromatic N) is 1. The van der Waals surface area contributed by atoms with E-state index in [0.29, 0.717) is 22.3 Å². The maximum atomic E-state index is 12.6. The summed E-state index contributed by atoms with van der Waals surface area (Å²) in [7, 11) is -3.52. The van der Waals surface area contributed by atoms with Crippen molar-refractivity contribution in [3.8, 4) is 11.1 Å². The van der Waals surface area contributed by atoms with Crippen molar-refractivity contribution in [3.63, 3.8) is 0 Å². The molecule has 0 unspecified atom stereocenters. The maximum absolute atomic E-state index is 12.6. The fraction of sp³-hybridized carbons (Fsp3) is 0.0526. The standard InChI is InChI=1S/C19H15NO3S/c1-3-13(12-20-4-2)19(21)14-9-10-18-16(11-14)15-7-5-6-8-17(15)24(18,22)23/h3-12H,1H2,2H3/b13-12+,20-4-. The summed E-state index contributed by atoms with van der Waals surface area (Å²) in [4.78, 5) is 17.0. The first-order chi connectivity index (χ1) is 11.5. The topological polar surface area (TPSA) is 63.6 Å². The van der Waals surface area contributed by atoms with Gasteiger partial charge in [-0.2, -0.15) is 0 Å². The Bertz CT molecular complexity index is 1010. The Morgan fingerprint density at radius 2 is 1.79 bits per heavy atom. The Balaban J connectivity index is 2.15. The van der Waals surface area contributed by atoms with Crippen LogP contribution in [0, 0.1) is 0 Å². The molecule has 0 aromatic heterocycles. The normalized spacial score (nSPS) is 15.1. The van der Waals surface area contributed by atoms with Crippen molar-refractivity contribution < 1.29 is 13.2 Å². The number of carbonyl (C=O) groups is 1. The second kappa shape index (κ2) is 6.02. The molecule has 0 saturated carbocycles. The zero-order chi connectivity index (χ0) is 17.3. The highest BCUT2D eigenvalue weighted by atomic mass is 32.2. The third kappa shape index (κ3) is 2.43. The molecule has 0 bridgehead atoms. The molecule has 0 saturated heterocycles. The van der Waals surface area contributed by atoms with Gasteiger partial charge in [-0.25, -0.2) is 8.42 Å². The fourth-order valence-corrected chi connectivity index (χ4v) is 4.35. The molecule has 2 aromatic carbocycles. The molecule has 0 amide bonds. The predicted molar refractivity (Wildman–Crippen MR) is 94.1 cm³/mol. The summed E-state index contributed by atoms with van der Waals surface area (Å²) in [6.45, 7) is 5.38. The van der Waals surface area contributed by atoms with E-state index in [-0.39, 0.29) is 15.6 Å². The molecule has 1 heterocycles. The minimum Gasteiger partial charge on any atom is -0.289 e. The number of aliphatic imine (C=N–C) groups is 1. The van der Waals surface area contributed by atoms with Crippen LogP contribution in [0.4, 0.5) is 0 Å². The lowest BCUT2D eigenvalue weighted by atomic mass is 9.98. The summed E-state index contributed by atoms with van der Waals surface area (Å²) in [5, 5.41) is 0. The minimum absolute atomic E-state index is 0.232. The number of hydrogen-bond donors (Lipinski definition) is 0. The van der Waals surface area contributed by atoms with Gasteiger partial charge in [0.05, 0.1) is 9.79 Å². The van der Waals surface area contributed by atoms with Gasteiger partial charge < -0.3 is 0 Å². The van der Waals surface area contributed by atoms with Gasteiger partial charge in [-0.3, -0.25) is 9.79 Å². The van der Waals surface area contributed by atoms with Gasteiger partial charge >= 0.3 is 0 Å². The van der Waals surface area contributed by atoms with Gasteiger partial charge in [0.1, 0.15) is 0 Å². The van der Waals surface area contributed by atoms with E-state index in [1.165, 1.54) is 24.4 Å². The third-order valence-corrected chi connectivity index (χ3v) is 5.71. The highest BCUT2D eigenvalue weighted by Crippen LogP contribution is 2.43. The Morgan fingerprint density at radius 3 is 2.50 bits per heavy atom. The molecule has 0 spiro atoms. The second-order valence-electron chi connectivity index (χ2n) is 5.24. The highest BCUT2D eigenvalue weighted by molar-refractivity contribution is 7.92. The van der Waals surface area contributed by atoms with Crippen molar-refractivity contribution in [1.82, 2.24) is 0 Å². The Morgan fingerprint density at radius 1 is 1.08 bits per heavy atom. The minimum atomic E-state index is -3.52. The number of carbonyl (C=O) groups excluding carboxylic acids is 1. The highest BCUT2D eigenvalue weighted by Gasteiger charge is 2.33. The number of ketones is 1. The molecule has 2 aromatic rings. The van der Waals surface area contributed by atoms with Gasteiger partial charge in [0.25, 0.3) is 0 Å². The van der Waals surface area contributed by atoms with E-state index in [4.69, 9.17) is 0 Å². The third-order valence-electron chi connectivity index (χ3n) is 3.84. The molecule has 24 heavy (non-hydrogen) atoms. The molecular formula is C19H15NO3S. The van der Waals surface area contributed by atoms with Crippen molar-refractivity contribution in [2.24, 2.45) is 4.99 Å². The van der Waals surface area contributed by atoms with Crippen molar-refractivity contribution in [1.29, 1.82) is 0 Å². The molecule has 0 aliphatic carbocycles. The summed E-state index contributed by atoms with van der Waals surface area (Å²) in [6, 6.07) is 11.4. The molecule has 0 fully saturated rings. The van der Waals surface area contributed by atoms with Crippen LogP contribution in [0.15, 0.2) is 81.7 Å². The van der Waals surface area contributed by atoms with E-state index in [1.54, 1.807) is 43.5 Å². The molecule has 5 heteroatoms. The van der Waals surface area contributed by atoms with Gasteiger partial charge in [-0.1, -0.05) is 30.9 Å². The number of Topliss-reactive ketones (excluding diaryl/α,β-unsaturated/α-hetero) is 1.